The molecule has 1 aliphatic rings. The van der Waals surface area contributed by atoms with Crippen LogP contribution in [0.3, 0.4) is 0 Å². The number of aromatic nitrogens is 2. The molecule has 2 unspecified atom stereocenters. The van der Waals surface area contributed by atoms with Crippen LogP contribution < -0.4 is 0 Å². The lowest BCUT2D eigenvalue weighted by atomic mass is 10.0. The average molecular weight is 252 g/mol. The van der Waals surface area contributed by atoms with E-state index in [4.69, 9.17) is 0 Å². The van der Waals surface area contributed by atoms with E-state index in [-0.39, 0.29) is 5.92 Å². The molecule has 2 rings (SSSR count). The maximum absolute atomic E-state index is 12.0. The molecule has 0 N–H and O–H groups in total. The molecule has 2 heterocycles. The Morgan fingerprint density at radius 3 is 3.18 bits per heavy atom. The Labute approximate surface area is 107 Å². The summed E-state index contributed by atoms with van der Waals surface area (Å²) in [4.78, 5) is 12.0. The van der Waals surface area contributed by atoms with E-state index >= 15 is 0 Å². The Kier molecular flexibility index (Phi) is 4.26. The maximum Gasteiger partial charge on any atom is 0.142 e. The number of rotatable bonds is 5. The molecule has 4 heteroatoms. The van der Waals surface area contributed by atoms with Crippen molar-refractivity contribution in [3.05, 3.63) is 18.0 Å². The molecule has 0 amide bonds. The quantitative estimate of drug-likeness (QED) is 0.808. The van der Waals surface area contributed by atoms with Gasteiger partial charge in [0.05, 0.1) is 12.1 Å². The fourth-order valence-corrected chi connectivity index (χ4v) is 3.27. The summed E-state index contributed by atoms with van der Waals surface area (Å²) >= 11 is 1.89. The molecule has 0 spiro atoms. The van der Waals surface area contributed by atoms with Crippen LogP contribution in [0.2, 0.25) is 0 Å². The summed E-state index contributed by atoms with van der Waals surface area (Å²) in [5.41, 5.74) is 0.923. The Morgan fingerprint density at radius 2 is 2.53 bits per heavy atom. The second-order valence-electron chi connectivity index (χ2n) is 4.75. The highest BCUT2D eigenvalue weighted by Crippen LogP contribution is 2.25. The fourth-order valence-electron chi connectivity index (χ4n) is 2.02. The third-order valence-electron chi connectivity index (χ3n) is 3.45. The van der Waals surface area contributed by atoms with Gasteiger partial charge in [-0.05, 0) is 31.6 Å². The SMILES string of the molecule is CCC(C)n1ccc(CC(=O)C2CCSC2)n1. The molecule has 1 aromatic rings. The zero-order valence-electron chi connectivity index (χ0n) is 10.6. The highest BCUT2D eigenvalue weighted by atomic mass is 32.2. The molecule has 2 atom stereocenters. The standard InChI is InChI=1S/C13H20N2OS/c1-3-10(2)15-6-4-12(14-15)8-13(16)11-5-7-17-9-11/h4,6,10-11H,3,5,7-9H2,1-2H3. The third-order valence-corrected chi connectivity index (χ3v) is 4.61. The first-order chi connectivity index (χ1) is 8.20. The molecular weight excluding hydrogens is 232 g/mol. The molecule has 0 saturated carbocycles. The minimum Gasteiger partial charge on any atom is -0.299 e. The van der Waals surface area contributed by atoms with E-state index in [0.717, 1.165) is 30.0 Å². The normalized spacial score (nSPS) is 21.6. The van der Waals surface area contributed by atoms with Gasteiger partial charge in [0, 0.05) is 23.9 Å². The van der Waals surface area contributed by atoms with Crippen LogP contribution in [0.15, 0.2) is 12.3 Å². The second kappa shape index (κ2) is 5.71. The number of hydrogen-bond acceptors (Lipinski definition) is 3. The highest BCUT2D eigenvalue weighted by molar-refractivity contribution is 7.99. The van der Waals surface area contributed by atoms with Gasteiger partial charge in [-0.1, -0.05) is 6.92 Å². The van der Waals surface area contributed by atoms with E-state index in [1.54, 1.807) is 0 Å². The lowest BCUT2D eigenvalue weighted by Crippen LogP contribution is -2.16. The first kappa shape index (κ1) is 12.7. The molecule has 0 bridgehead atoms. The van der Waals surface area contributed by atoms with Crippen LogP contribution in [0.25, 0.3) is 0 Å². The Bertz CT molecular complexity index is 383. The van der Waals surface area contributed by atoms with Gasteiger partial charge < -0.3 is 0 Å². The van der Waals surface area contributed by atoms with Crippen LogP contribution in [-0.2, 0) is 11.2 Å². The van der Waals surface area contributed by atoms with Crippen LogP contribution >= 0.6 is 11.8 Å². The van der Waals surface area contributed by atoms with Gasteiger partial charge in [0.15, 0.2) is 0 Å². The van der Waals surface area contributed by atoms with Crippen molar-refractivity contribution >= 4 is 17.5 Å². The van der Waals surface area contributed by atoms with Crippen molar-refractivity contribution in [2.75, 3.05) is 11.5 Å². The van der Waals surface area contributed by atoms with Gasteiger partial charge in [-0.15, -0.1) is 0 Å². The van der Waals surface area contributed by atoms with Gasteiger partial charge in [0.25, 0.3) is 0 Å². The number of carbonyl (C=O) groups excluding carboxylic acids is 1. The van der Waals surface area contributed by atoms with Crippen molar-refractivity contribution in [1.29, 1.82) is 0 Å². The molecule has 1 saturated heterocycles. The number of nitrogens with zero attached hydrogens (tertiary/aromatic N) is 2. The monoisotopic (exact) mass is 252 g/mol. The smallest absolute Gasteiger partial charge is 0.142 e. The van der Waals surface area contributed by atoms with Gasteiger partial charge in [0.1, 0.15) is 5.78 Å². The van der Waals surface area contributed by atoms with Gasteiger partial charge >= 0.3 is 0 Å². The van der Waals surface area contributed by atoms with Crippen molar-refractivity contribution in [3.63, 3.8) is 0 Å². The molecule has 0 aromatic carbocycles. The van der Waals surface area contributed by atoms with Crippen LogP contribution in [0.1, 0.15) is 38.4 Å². The number of ketones is 1. The maximum atomic E-state index is 12.0. The van der Waals surface area contributed by atoms with Gasteiger partial charge in [0.2, 0.25) is 0 Å². The van der Waals surface area contributed by atoms with Crippen molar-refractivity contribution in [2.45, 2.75) is 39.2 Å². The van der Waals surface area contributed by atoms with E-state index in [0.29, 0.717) is 18.2 Å². The van der Waals surface area contributed by atoms with E-state index in [9.17, 15) is 4.79 Å². The Morgan fingerprint density at radius 1 is 1.71 bits per heavy atom. The minimum absolute atomic E-state index is 0.272. The topological polar surface area (TPSA) is 34.9 Å². The molecule has 1 aromatic heterocycles. The summed E-state index contributed by atoms with van der Waals surface area (Å²) in [6.45, 7) is 4.29. The predicted molar refractivity (Wildman–Crippen MR) is 71.4 cm³/mol. The average Bonchev–Trinajstić information content (AvgIpc) is 2.98. The van der Waals surface area contributed by atoms with E-state index in [1.165, 1.54) is 0 Å². The molecule has 1 aliphatic heterocycles. The molecule has 0 radical (unpaired) electrons. The highest BCUT2D eigenvalue weighted by Gasteiger charge is 2.23. The molecule has 1 fully saturated rings. The second-order valence-corrected chi connectivity index (χ2v) is 5.90. The van der Waals surface area contributed by atoms with Crippen molar-refractivity contribution in [1.82, 2.24) is 9.78 Å². The number of thioether (sulfide) groups is 1. The van der Waals surface area contributed by atoms with Gasteiger partial charge in [-0.2, -0.15) is 16.9 Å². The molecule has 94 valence electrons. The summed E-state index contributed by atoms with van der Waals surface area (Å²) in [5, 5.41) is 4.48. The van der Waals surface area contributed by atoms with Crippen LogP contribution in [0.4, 0.5) is 0 Å². The summed E-state index contributed by atoms with van der Waals surface area (Å²) < 4.78 is 1.96. The van der Waals surface area contributed by atoms with Crippen molar-refractivity contribution in [2.24, 2.45) is 5.92 Å². The molecule has 0 aliphatic carbocycles. The minimum atomic E-state index is 0.272. The predicted octanol–water partition coefficient (Wildman–Crippen LogP) is 2.72. The number of carbonyl (C=O) groups is 1. The largest absolute Gasteiger partial charge is 0.299 e. The molecule has 3 nitrogen and oxygen atoms in total. The number of hydrogen-bond donors (Lipinski definition) is 0. The fraction of sp³-hybridized carbons (Fsp3) is 0.692. The van der Waals surface area contributed by atoms with E-state index < -0.39 is 0 Å². The van der Waals surface area contributed by atoms with Crippen LogP contribution in [-0.4, -0.2) is 27.1 Å². The zero-order valence-corrected chi connectivity index (χ0v) is 11.4. The zero-order chi connectivity index (χ0) is 12.3. The van der Waals surface area contributed by atoms with Crippen LogP contribution in [0.5, 0.6) is 0 Å². The van der Waals surface area contributed by atoms with Crippen molar-refractivity contribution in [3.8, 4) is 0 Å². The lowest BCUT2D eigenvalue weighted by Gasteiger charge is -2.08. The first-order valence-electron chi connectivity index (χ1n) is 6.35. The number of Topliss-reactive ketones (excluding diaryl/α,β-unsaturated/α-hetero) is 1. The summed E-state index contributed by atoms with van der Waals surface area (Å²) in [7, 11) is 0. The molecular formula is C13H20N2OS. The van der Waals surface area contributed by atoms with Crippen molar-refractivity contribution < 1.29 is 4.79 Å². The van der Waals surface area contributed by atoms with E-state index in [1.807, 2.05) is 28.7 Å². The van der Waals surface area contributed by atoms with E-state index in [2.05, 4.69) is 18.9 Å². The molecule has 17 heavy (non-hydrogen) atoms. The lowest BCUT2D eigenvalue weighted by molar-refractivity contribution is -0.121. The Balaban J connectivity index is 1.94. The Hall–Kier alpha value is -0.770. The summed E-state index contributed by atoms with van der Waals surface area (Å²) in [6, 6.07) is 2.40. The summed E-state index contributed by atoms with van der Waals surface area (Å²) in [5.74, 6) is 2.78. The first-order valence-corrected chi connectivity index (χ1v) is 7.50. The summed E-state index contributed by atoms with van der Waals surface area (Å²) in [6.07, 6.45) is 4.61. The van der Waals surface area contributed by atoms with Gasteiger partial charge in [-0.3, -0.25) is 9.48 Å². The third kappa shape index (κ3) is 3.12. The van der Waals surface area contributed by atoms with Gasteiger partial charge in [-0.25, -0.2) is 0 Å². The van der Waals surface area contributed by atoms with Crippen LogP contribution in [0, 0.1) is 5.92 Å².